The number of benzene rings is 2. The Kier molecular flexibility index (Phi) is 7.88. The van der Waals surface area contributed by atoms with E-state index in [9.17, 15) is 12.8 Å². The Balaban J connectivity index is 1.17. The summed E-state index contributed by atoms with van der Waals surface area (Å²) < 4.78 is 47.4. The van der Waals surface area contributed by atoms with Crippen molar-refractivity contribution >= 4 is 15.7 Å². The molecule has 8 heteroatoms. The van der Waals surface area contributed by atoms with Crippen LogP contribution in [0.2, 0.25) is 0 Å². The molecule has 1 heterocycles. The summed E-state index contributed by atoms with van der Waals surface area (Å²) in [6.07, 6.45) is 4.98. The highest BCUT2D eigenvalue weighted by atomic mass is 32.2. The summed E-state index contributed by atoms with van der Waals surface area (Å²) in [7, 11) is -1.95. The predicted molar refractivity (Wildman–Crippen MR) is 129 cm³/mol. The standard InChI is InChI=1S/C25H34FN3O3S/c1-32-22-10-12-23(13-11-22)33(30,31)27-21-8-6-20(7-9-21)14-15-28-16-18-29(19-17-28)25-5-3-2-4-24(25)26/h2-5,10-13,20-21,27H,6-9,14-19H2,1H3. The van der Waals surface area contributed by atoms with Crippen molar-refractivity contribution in [3.05, 3.63) is 54.3 Å². The van der Waals surface area contributed by atoms with Crippen LogP contribution in [0.5, 0.6) is 5.75 Å². The van der Waals surface area contributed by atoms with Crippen LogP contribution in [0.15, 0.2) is 53.4 Å². The third-order valence-electron chi connectivity index (χ3n) is 6.96. The molecule has 0 bridgehead atoms. The number of hydrogen-bond acceptors (Lipinski definition) is 5. The van der Waals surface area contributed by atoms with Gasteiger partial charge < -0.3 is 9.64 Å². The SMILES string of the molecule is COc1ccc(S(=O)(=O)NC2CCC(CCN3CCN(c4ccccc4F)CC3)CC2)cc1. The molecule has 6 nitrogen and oxygen atoms in total. The van der Waals surface area contributed by atoms with E-state index < -0.39 is 10.0 Å². The maximum absolute atomic E-state index is 14.0. The van der Waals surface area contributed by atoms with Gasteiger partial charge in [-0.25, -0.2) is 17.5 Å². The van der Waals surface area contributed by atoms with Crippen LogP contribution in [-0.2, 0) is 10.0 Å². The lowest BCUT2D eigenvalue weighted by molar-refractivity contribution is 0.214. The highest BCUT2D eigenvalue weighted by Crippen LogP contribution is 2.29. The molecule has 1 N–H and O–H groups in total. The monoisotopic (exact) mass is 475 g/mol. The van der Waals surface area contributed by atoms with Gasteiger partial charge in [-0.1, -0.05) is 12.1 Å². The summed E-state index contributed by atoms with van der Waals surface area (Å²) >= 11 is 0. The van der Waals surface area contributed by atoms with Crippen molar-refractivity contribution in [2.45, 2.75) is 43.0 Å². The fourth-order valence-electron chi connectivity index (χ4n) is 4.90. The molecule has 0 spiro atoms. The van der Waals surface area contributed by atoms with Crippen LogP contribution < -0.4 is 14.4 Å². The second kappa shape index (κ2) is 10.8. The summed E-state index contributed by atoms with van der Waals surface area (Å²) in [4.78, 5) is 4.88. The van der Waals surface area contributed by atoms with Gasteiger partial charge in [0.2, 0.25) is 10.0 Å². The lowest BCUT2D eigenvalue weighted by atomic mass is 9.84. The van der Waals surface area contributed by atoms with Crippen molar-refractivity contribution < 1.29 is 17.5 Å². The minimum absolute atomic E-state index is 0.00216. The number of para-hydroxylation sites is 1. The number of sulfonamides is 1. The molecule has 0 amide bonds. The molecule has 2 aromatic carbocycles. The normalized spacial score (nSPS) is 22.3. The molecule has 1 aliphatic carbocycles. The van der Waals surface area contributed by atoms with Gasteiger partial charge in [-0.05, 0) is 81.0 Å². The Labute approximate surface area is 196 Å². The fraction of sp³-hybridized carbons (Fsp3) is 0.520. The van der Waals surface area contributed by atoms with Gasteiger partial charge in [0.25, 0.3) is 0 Å². The number of hydrogen-bond donors (Lipinski definition) is 1. The molecule has 0 unspecified atom stereocenters. The van der Waals surface area contributed by atoms with E-state index >= 15 is 0 Å². The first-order chi connectivity index (χ1) is 15.9. The highest BCUT2D eigenvalue weighted by Gasteiger charge is 2.27. The Morgan fingerprint density at radius 1 is 0.970 bits per heavy atom. The van der Waals surface area contributed by atoms with Gasteiger partial charge in [0.05, 0.1) is 17.7 Å². The van der Waals surface area contributed by atoms with Crippen molar-refractivity contribution in [3.8, 4) is 5.75 Å². The van der Waals surface area contributed by atoms with Crippen LogP contribution in [-0.4, -0.2) is 59.2 Å². The zero-order chi connectivity index (χ0) is 23.3. The smallest absolute Gasteiger partial charge is 0.240 e. The van der Waals surface area contributed by atoms with Gasteiger partial charge in [-0.15, -0.1) is 0 Å². The van der Waals surface area contributed by atoms with Gasteiger partial charge >= 0.3 is 0 Å². The minimum Gasteiger partial charge on any atom is -0.497 e. The third-order valence-corrected chi connectivity index (χ3v) is 8.49. The van der Waals surface area contributed by atoms with Crippen molar-refractivity contribution in [2.24, 2.45) is 5.92 Å². The number of nitrogens with zero attached hydrogens (tertiary/aromatic N) is 2. The molecule has 4 rings (SSSR count). The zero-order valence-electron chi connectivity index (χ0n) is 19.2. The van der Waals surface area contributed by atoms with Crippen LogP contribution >= 0.6 is 0 Å². The van der Waals surface area contributed by atoms with E-state index in [1.54, 1.807) is 37.4 Å². The highest BCUT2D eigenvalue weighted by molar-refractivity contribution is 7.89. The Morgan fingerprint density at radius 3 is 2.27 bits per heavy atom. The van der Waals surface area contributed by atoms with E-state index in [1.165, 1.54) is 6.07 Å². The molecule has 0 aromatic heterocycles. The number of nitrogens with one attached hydrogen (secondary N) is 1. The number of halogens is 1. The molecule has 1 saturated heterocycles. The Hall–Kier alpha value is -2.16. The summed E-state index contributed by atoms with van der Waals surface area (Å²) in [5.41, 5.74) is 0.701. The third kappa shape index (κ3) is 6.25. The molecule has 0 atom stereocenters. The van der Waals surface area contributed by atoms with E-state index in [1.807, 2.05) is 12.1 Å². The lowest BCUT2D eigenvalue weighted by Gasteiger charge is -2.37. The molecule has 0 radical (unpaired) electrons. The number of ether oxygens (including phenoxy) is 1. The molecular formula is C25H34FN3O3S. The van der Waals surface area contributed by atoms with Crippen molar-refractivity contribution in [2.75, 3.05) is 44.7 Å². The van der Waals surface area contributed by atoms with Crippen molar-refractivity contribution in [3.63, 3.8) is 0 Å². The molecule has 180 valence electrons. The molecule has 1 aliphatic heterocycles. The van der Waals surface area contributed by atoms with Gasteiger partial charge in [0, 0.05) is 32.2 Å². The number of anilines is 1. The Bertz CT molecular complexity index is 1000. The number of methoxy groups -OCH3 is 1. The first-order valence-electron chi connectivity index (χ1n) is 11.8. The Morgan fingerprint density at radius 2 is 1.64 bits per heavy atom. The fourth-order valence-corrected chi connectivity index (χ4v) is 6.20. The number of piperazine rings is 1. The molecule has 1 saturated carbocycles. The lowest BCUT2D eigenvalue weighted by Crippen LogP contribution is -2.47. The van der Waals surface area contributed by atoms with E-state index in [0.717, 1.165) is 64.8 Å². The molecule has 2 aromatic rings. The zero-order valence-corrected chi connectivity index (χ0v) is 20.1. The second-order valence-corrected chi connectivity index (χ2v) is 10.8. The van der Waals surface area contributed by atoms with Crippen LogP contribution in [0.1, 0.15) is 32.1 Å². The van der Waals surface area contributed by atoms with E-state index in [0.29, 0.717) is 17.4 Å². The van der Waals surface area contributed by atoms with E-state index in [2.05, 4.69) is 14.5 Å². The average Bonchev–Trinajstić information content (AvgIpc) is 2.84. The first-order valence-corrected chi connectivity index (χ1v) is 13.3. The molecular weight excluding hydrogens is 441 g/mol. The summed E-state index contributed by atoms with van der Waals surface area (Å²) in [5.74, 6) is 1.13. The van der Waals surface area contributed by atoms with Crippen LogP contribution in [0.25, 0.3) is 0 Å². The minimum atomic E-state index is -3.51. The molecule has 33 heavy (non-hydrogen) atoms. The summed E-state index contributed by atoms with van der Waals surface area (Å²) in [6, 6.07) is 13.5. The maximum Gasteiger partial charge on any atom is 0.240 e. The van der Waals surface area contributed by atoms with Crippen molar-refractivity contribution in [1.29, 1.82) is 0 Å². The number of rotatable bonds is 8. The van der Waals surface area contributed by atoms with E-state index in [4.69, 9.17) is 4.74 Å². The van der Waals surface area contributed by atoms with Crippen molar-refractivity contribution in [1.82, 2.24) is 9.62 Å². The average molecular weight is 476 g/mol. The topological polar surface area (TPSA) is 61.9 Å². The van der Waals surface area contributed by atoms with Crippen LogP contribution in [0.4, 0.5) is 10.1 Å². The van der Waals surface area contributed by atoms with Gasteiger partial charge in [-0.2, -0.15) is 0 Å². The summed E-state index contributed by atoms with van der Waals surface area (Å²) in [5, 5.41) is 0. The van der Waals surface area contributed by atoms with E-state index in [-0.39, 0.29) is 16.8 Å². The maximum atomic E-state index is 14.0. The predicted octanol–water partition coefficient (Wildman–Crippen LogP) is 3.88. The summed E-state index contributed by atoms with van der Waals surface area (Å²) in [6.45, 7) is 4.65. The first kappa shape index (κ1) is 24.0. The van der Waals surface area contributed by atoms with Crippen LogP contribution in [0.3, 0.4) is 0 Å². The van der Waals surface area contributed by atoms with Gasteiger partial charge in [-0.3, -0.25) is 4.90 Å². The molecule has 2 fully saturated rings. The van der Waals surface area contributed by atoms with Gasteiger partial charge in [0.1, 0.15) is 11.6 Å². The molecule has 2 aliphatic rings. The van der Waals surface area contributed by atoms with Gasteiger partial charge in [0.15, 0.2) is 0 Å². The van der Waals surface area contributed by atoms with Crippen LogP contribution in [0, 0.1) is 11.7 Å². The second-order valence-electron chi connectivity index (χ2n) is 9.08. The quantitative estimate of drug-likeness (QED) is 0.628. The largest absolute Gasteiger partial charge is 0.497 e.